The summed E-state index contributed by atoms with van der Waals surface area (Å²) in [5.41, 5.74) is 1.04. The van der Waals surface area contributed by atoms with Gasteiger partial charge in [-0.1, -0.05) is 18.6 Å². The first-order valence-electron chi connectivity index (χ1n) is 6.51. The number of carbonyl (C=O) groups excluding carboxylic acids is 1. The number of carbonyl (C=O) groups is 1. The van der Waals surface area contributed by atoms with Crippen LogP contribution in [0.4, 0.5) is 4.39 Å². The molecule has 0 radical (unpaired) electrons. The van der Waals surface area contributed by atoms with Crippen LogP contribution in [-0.4, -0.2) is 25.0 Å². The summed E-state index contributed by atoms with van der Waals surface area (Å²) in [7, 11) is 0. The maximum Gasteiger partial charge on any atom is 0.237 e. The molecule has 98 valence electrons. The number of hydrogen-bond donors (Lipinski definition) is 2. The highest BCUT2D eigenvalue weighted by atomic mass is 19.1. The van der Waals surface area contributed by atoms with Gasteiger partial charge in [-0.3, -0.25) is 4.79 Å². The van der Waals surface area contributed by atoms with Gasteiger partial charge in [-0.05, 0) is 43.5 Å². The van der Waals surface area contributed by atoms with Gasteiger partial charge in [0, 0.05) is 6.54 Å². The van der Waals surface area contributed by atoms with Crippen molar-refractivity contribution in [3.05, 3.63) is 35.6 Å². The fourth-order valence-electron chi connectivity index (χ4n) is 2.18. The van der Waals surface area contributed by atoms with Gasteiger partial charge in [0.2, 0.25) is 5.91 Å². The van der Waals surface area contributed by atoms with E-state index < -0.39 is 0 Å². The summed E-state index contributed by atoms with van der Waals surface area (Å²) in [5, 5.41) is 6.13. The Kier molecular flexibility index (Phi) is 4.70. The van der Waals surface area contributed by atoms with Crippen LogP contribution in [0.5, 0.6) is 0 Å². The Labute approximate surface area is 107 Å². The smallest absolute Gasteiger partial charge is 0.237 e. The molecule has 1 aromatic carbocycles. The second-order valence-electron chi connectivity index (χ2n) is 4.67. The number of halogens is 1. The number of rotatable bonds is 4. The van der Waals surface area contributed by atoms with Crippen molar-refractivity contribution >= 4 is 5.91 Å². The Hall–Kier alpha value is -1.42. The second-order valence-corrected chi connectivity index (χ2v) is 4.67. The Bertz CT molecular complexity index is 385. The summed E-state index contributed by atoms with van der Waals surface area (Å²) in [5.74, 6) is -0.147. The number of piperidine rings is 1. The molecule has 4 heteroatoms. The van der Waals surface area contributed by atoms with Crippen LogP contribution in [0.25, 0.3) is 0 Å². The number of benzene rings is 1. The van der Waals surface area contributed by atoms with E-state index in [0.29, 0.717) is 6.54 Å². The normalized spacial score (nSPS) is 19.5. The molecule has 1 heterocycles. The highest BCUT2D eigenvalue weighted by molar-refractivity contribution is 5.81. The molecule has 2 N–H and O–H groups in total. The van der Waals surface area contributed by atoms with Crippen LogP contribution in [0.3, 0.4) is 0 Å². The molecule has 0 spiro atoms. The van der Waals surface area contributed by atoms with Crippen LogP contribution < -0.4 is 10.6 Å². The van der Waals surface area contributed by atoms with Gasteiger partial charge in [-0.25, -0.2) is 4.39 Å². The van der Waals surface area contributed by atoms with Gasteiger partial charge in [-0.2, -0.15) is 0 Å². The summed E-state index contributed by atoms with van der Waals surface area (Å²) >= 11 is 0. The zero-order chi connectivity index (χ0) is 12.8. The molecule has 1 unspecified atom stereocenters. The minimum Gasteiger partial charge on any atom is -0.354 e. The van der Waals surface area contributed by atoms with Crippen LogP contribution in [-0.2, 0) is 11.2 Å². The molecule has 0 saturated carbocycles. The molecule has 18 heavy (non-hydrogen) atoms. The third kappa shape index (κ3) is 3.81. The summed E-state index contributed by atoms with van der Waals surface area (Å²) < 4.78 is 12.7. The lowest BCUT2D eigenvalue weighted by Crippen LogP contribution is -2.47. The quantitative estimate of drug-likeness (QED) is 0.852. The Morgan fingerprint density at radius 1 is 1.33 bits per heavy atom. The molecular weight excluding hydrogens is 231 g/mol. The molecule has 1 fully saturated rings. The molecule has 2 rings (SSSR count). The van der Waals surface area contributed by atoms with Crippen molar-refractivity contribution in [3.8, 4) is 0 Å². The molecule has 1 saturated heterocycles. The largest absolute Gasteiger partial charge is 0.354 e. The molecule has 1 aliphatic rings. The SMILES string of the molecule is O=C(NCCc1ccc(F)cc1)C1CCCCN1. The van der Waals surface area contributed by atoms with Crippen LogP contribution in [0.15, 0.2) is 24.3 Å². The summed E-state index contributed by atoms with van der Waals surface area (Å²) in [4.78, 5) is 11.8. The van der Waals surface area contributed by atoms with Crippen molar-refractivity contribution in [2.45, 2.75) is 31.7 Å². The van der Waals surface area contributed by atoms with E-state index in [2.05, 4.69) is 10.6 Å². The highest BCUT2D eigenvalue weighted by Crippen LogP contribution is 2.07. The molecule has 0 bridgehead atoms. The minimum atomic E-state index is -0.228. The summed E-state index contributed by atoms with van der Waals surface area (Å²) in [6, 6.07) is 6.35. The first kappa shape index (κ1) is 13.0. The number of nitrogens with one attached hydrogen (secondary N) is 2. The Balaban J connectivity index is 1.71. The van der Waals surface area contributed by atoms with Crippen molar-refractivity contribution < 1.29 is 9.18 Å². The van der Waals surface area contributed by atoms with Gasteiger partial charge < -0.3 is 10.6 Å². The van der Waals surface area contributed by atoms with Gasteiger partial charge in [0.1, 0.15) is 5.82 Å². The number of hydrogen-bond acceptors (Lipinski definition) is 2. The van der Waals surface area contributed by atoms with Gasteiger partial charge in [0.25, 0.3) is 0 Å². The summed E-state index contributed by atoms with van der Waals surface area (Å²) in [6.07, 6.45) is 3.92. The fraction of sp³-hybridized carbons (Fsp3) is 0.500. The average Bonchev–Trinajstić information content (AvgIpc) is 2.42. The first-order valence-corrected chi connectivity index (χ1v) is 6.51. The van der Waals surface area contributed by atoms with E-state index in [0.717, 1.165) is 37.8 Å². The third-order valence-electron chi connectivity index (χ3n) is 3.25. The lowest BCUT2D eigenvalue weighted by atomic mass is 10.0. The van der Waals surface area contributed by atoms with Crippen molar-refractivity contribution in [2.75, 3.05) is 13.1 Å². The minimum absolute atomic E-state index is 0.0352. The molecule has 0 aromatic heterocycles. The first-order chi connectivity index (χ1) is 8.75. The van der Waals surface area contributed by atoms with Crippen LogP contribution in [0, 0.1) is 5.82 Å². The highest BCUT2D eigenvalue weighted by Gasteiger charge is 2.19. The Morgan fingerprint density at radius 2 is 2.11 bits per heavy atom. The van der Waals surface area contributed by atoms with Crippen molar-refractivity contribution in [1.82, 2.24) is 10.6 Å². The maximum atomic E-state index is 12.7. The molecule has 0 aliphatic carbocycles. The van der Waals surface area contributed by atoms with Crippen LogP contribution >= 0.6 is 0 Å². The van der Waals surface area contributed by atoms with Gasteiger partial charge in [0.05, 0.1) is 6.04 Å². The fourth-order valence-corrected chi connectivity index (χ4v) is 2.18. The summed E-state index contributed by atoms with van der Waals surface area (Å²) in [6.45, 7) is 1.53. The third-order valence-corrected chi connectivity index (χ3v) is 3.25. The topological polar surface area (TPSA) is 41.1 Å². The standard InChI is InChI=1S/C14H19FN2O/c15-12-6-4-11(5-7-12)8-10-17-14(18)13-3-1-2-9-16-13/h4-7,13,16H,1-3,8-10H2,(H,17,18). The molecule has 1 aliphatic heterocycles. The van der Waals surface area contributed by atoms with Gasteiger partial charge in [0.15, 0.2) is 0 Å². The van der Waals surface area contributed by atoms with E-state index in [9.17, 15) is 9.18 Å². The van der Waals surface area contributed by atoms with Crippen molar-refractivity contribution in [1.29, 1.82) is 0 Å². The monoisotopic (exact) mass is 250 g/mol. The van der Waals surface area contributed by atoms with E-state index in [1.165, 1.54) is 12.1 Å². The Morgan fingerprint density at radius 3 is 2.78 bits per heavy atom. The van der Waals surface area contributed by atoms with Crippen LogP contribution in [0.1, 0.15) is 24.8 Å². The zero-order valence-corrected chi connectivity index (χ0v) is 10.4. The molecule has 1 atom stereocenters. The van der Waals surface area contributed by atoms with E-state index in [1.54, 1.807) is 12.1 Å². The lowest BCUT2D eigenvalue weighted by Gasteiger charge is -2.22. The molecular formula is C14H19FN2O. The predicted molar refractivity (Wildman–Crippen MR) is 68.8 cm³/mol. The average molecular weight is 250 g/mol. The van der Waals surface area contributed by atoms with Gasteiger partial charge >= 0.3 is 0 Å². The molecule has 1 aromatic rings. The molecule has 1 amide bonds. The van der Waals surface area contributed by atoms with E-state index in [4.69, 9.17) is 0 Å². The van der Waals surface area contributed by atoms with Crippen molar-refractivity contribution in [3.63, 3.8) is 0 Å². The lowest BCUT2D eigenvalue weighted by molar-refractivity contribution is -0.123. The zero-order valence-electron chi connectivity index (χ0n) is 10.4. The van der Waals surface area contributed by atoms with Gasteiger partial charge in [-0.15, -0.1) is 0 Å². The van der Waals surface area contributed by atoms with Crippen LogP contribution in [0.2, 0.25) is 0 Å². The van der Waals surface area contributed by atoms with E-state index in [1.807, 2.05) is 0 Å². The maximum absolute atomic E-state index is 12.7. The predicted octanol–water partition coefficient (Wildman–Crippen LogP) is 1.63. The number of amides is 1. The van der Waals surface area contributed by atoms with Crippen molar-refractivity contribution in [2.24, 2.45) is 0 Å². The second kappa shape index (κ2) is 6.50. The van der Waals surface area contributed by atoms with E-state index in [-0.39, 0.29) is 17.8 Å². The van der Waals surface area contributed by atoms with E-state index >= 15 is 0 Å². The molecule has 3 nitrogen and oxygen atoms in total.